The first kappa shape index (κ1) is 15.5. The molecule has 18 heavy (non-hydrogen) atoms. The van der Waals surface area contributed by atoms with Crippen LogP contribution >= 0.6 is 0 Å². The van der Waals surface area contributed by atoms with E-state index in [1.54, 1.807) is 0 Å². The van der Waals surface area contributed by atoms with Gasteiger partial charge < -0.3 is 9.47 Å². The molecule has 0 radical (unpaired) electrons. The monoisotopic (exact) mass is 256 g/mol. The van der Waals surface area contributed by atoms with Crippen molar-refractivity contribution >= 4 is 5.97 Å². The number of rotatable bonds is 6. The van der Waals surface area contributed by atoms with Gasteiger partial charge >= 0.3 is 5.97 Å². The summed E-state index contributed by atoms with van der Waals surface area (Å²) in [5.41, 5.74) is -0.369. The number of hydrogen-bond donors (Lipinski definition) is 0. The van der Waals surface area contributed by atoms with Gasteiger partial charge in [-0.3, -0.25) is 4.79 Å². The highest BCUT2D eigenvalue weighted by atomic mass is 16.6. The molecular formula is C15H28O3. The lowest BCUT2D eigenvalue weighted by atomic mass is 9.81. The molecule has 1 aliphatic rings. The van der Waals surface area contributed by atoms with Crippen molar-refractivity contribution < 1.29 is 14.3 Å². The minimum Gasteiger partial charge on any atom is -0.463 e. The van der Waals surface area contributed by atoms with Crippen LogP contribution in [-0.2, 0) is 14.3 Å². The van der Waals surface area contributed by atoms with E-state index in [1.807, 2.05) is 13.8 Å². The van der Waals surface area contributed by atoms with Crippen LogP contribution in [0.1, 0.15) is 59.8 Å². The maximum Gasteiger partial charge on any atom is 0.302 e. The van der Waals surface area contributed by atoms with Crippen LogP contribution in [-0.4, -0.2) is 24.8 Å². The molecule has 0 aromatic carbocycles. The average Bonchev–Trinajstić information content (AvgIpc) is 2.26. The highest BCUT2D eigenvalue weighted by Gasteiger charge is 2.22. The molecule has 106 valence electrons. The third-order valence-electron chi connectivity index (χ3n) is 3.69. The van der Waals surface area contributed by atoms with Crippen molar-refractivity contribution in [2.45, 2.75) is 65.4 Å². The fraction of sp³-hybridized carbons (Fsp3) is 0.933. The van der Waals surface area contributed by atoms with E-state index in [2.05, 4.69) is 6.92 Å². The van der Waals surface area contributed by atoms with Crippen LogP contribution in [0.4, 0.5) is 0 Å². The number of carbonyl (C=O) groups is 1. The summed E-state index contributed by atoms with van der Waals surface area (Å²) in [7, 11) is 0. The molecule has 1 fully saturated rings. The zero-order chi connectivity index (χ0) is 13.6. The zero-order valence-electron chi connectivity index (χ0n) is 12.3. The molecule has 0 saturated heterocycles. The summed E-state index contributed by atoms with van der Waals surface area (Å²) in [5, 5.41) is 0. The van der Waals surface area contributed by atoms with Crippen LogP contribution in [0.5, 0.6) is 0 Å². The first-order valence-electron chi connectivity index (χ1n) is 7.16. The lowest BCUT2D eigenvalue weighted by molar-refractivity contribution is -0.150. The number of ether oxygens (including phenoxy) is 2. The first-order valence-corrected chi connectivity index (χ1v) is 7.16. The normalized spacial score (nSPS) is 24.9. The van der Waals surface area contributed by atoms with Crippen molar-refractivity contribution in [3.05, 3.63) is 0 Å². The van der Waals surface area contributed by atoms with Gasteiger partial charge in [0.25, 0.3) is 0 Å². The zero-order valence-corrected chi connectivity index (χ0v) is 12.3. The fourth-order valence-electron chi connectivity index (χ4n) is 2.64. The van der Waals surface area contributed by atoms with Crippen molar-refractivity contribution in [2.24, 2.45) is 11.8 Å². The van der Waals surface area contributed by atoms with Crippen LogP contribution in [0.25, 0.3) is 0 Å². The van der Waals surface area contributed by atoms with Crippen molar-refractivity contribution in [3.8, 4) is 0 Å². The molecule has 1 saturated carbocycles. The summed E-state index contributed by atoms with van der Waals surface area (Å²) in [6.45, 7) is 8.82. The maximum absolute atomic E-state index is 10.8. The Morgan fingerprint density at radius 2 is 2.06 bits per heavy atom. The van der Waals surface area contributed by atoms with Gasteiger partial charge in [0.2, 0.25) is 0 Å². The largest absolute Gasteiger partial charge is 0.463 e. The first-order chi connectivity index (χ1) is 8.39. The third-order valence-corrected chi connectivity index (χ3v) is 3.69. The van der Waals surface area contributed by atoms with Gasteiger partial charge in [-0.05, 0) is 38.5 Å². The predicted octanol–water partition coefficient (Wildman–Crippen LogP) is 3.56. The molecule has 0 heterocycles. The second-order valence-electron chi connectivity index (χ2n) is 6.31. The van der Waals surface area contributed by atoms with Gasteiger partial charge in [-0.2, -0.15) is 0 Å². The summed E-state index contributed by atoms with van der Waals surface area (Å²) >= 11 is 0. The summed E-state index contributed by atoms with van der Waals surface area (Å²) in [6, 6.07) is 0. The Labute approximate surface area is 111 Å². The summed E-state index contributed by atoms with van der Waals surface area (Å²) in [5.74, 6) is 1.45. The molecule has 0 spiro atoms. The molecule has 0 bridgehead atoms. The SMILES string of the molecule is CC(=O)OCC(C)(C)OCCC1CCCC(C)C1. The Morgan fingerprint density at radius 1 is 1.33 bits per heavy atom. The quantitative estimate of drug-likeness (QED) is 0.682. The molecule has 0 amide bonds. The number of carbonyl (C=O) groups excluding carboxylic acids is 1. The maximum atomic E-state index is 10.8. The summed E-state index contributed by atoms with van der Waals surface area (Å²) < 4.78 is 10.8. The lowest BCUT2D eigenvalue weighted by Crippen LogP contribution is -2.32. The van der Waals surface area contributed by atoms with E-state index in [9.17, 15) is 4.79 Å². The van der Waals surface area contributed by atoms with Crippen molar-refractivity contribution in [1.82, 2.24) is 0 Å². The van der Waals surface area contributed by atoms with Gasteiger partial charge in [0.1, 0.15) is 6.61 Å². The number of esters is 1. The molecule has 3 heteroatoms. The van der Waals surface area contributed by atoms with Crippen molar-refractivity contribution in [3.63, 3.8) is 0 Å². The van der Waals surface area contributed by atoms with Crippen LogP contribution in [0, 0.1) is 11.8 Å². The average molecular weight is 256 g/mol. The summed E-state index contributed by atoms with van der Waals surface area (Å²) in [4.78, 5) is 10.8. The Kier molecular flexibility index (Phi) is 6.13. The van der Waals surface area contributed by atoms with E-state index < -0.39 is 0 Å². The summed E-state index contributed by atoms with van der Waals surface area (Å²) in [6.07, 6.45) is 6.57. The standard InChI is InChI=1S/C15H28O3/c1-12-6-5-7-14(10-12)8-9-18-15(3,4)11-17-13(2)16/h12,14H,5-11H2,1-4H3. The topological polar surface area (TPSA) is 35.5 Å². The van der Waals surface area contributed by atoms with Crippen LogP contribution in [0.15, 0.2) is 0 Å². The van der Waals surface area contributed by atoms with E-state index >= 15 is 0 Å². The van der Waals surface area contributed by atoms with Crippen LogP contribution in [0.2, 0.25) is 0 Å². The van der Waals surface area contributed by atoms with E-state index in [0.29, 0.717) is 6.61 Å². The van der Waals surface area contributed by atoms with Crippen molar-refractivity contribution in [2.75, 3.05) is 13.2 Å². The molecule has 0 aromatic rings. The van der Waals surface area contributed by atoms with E-state index in [0.717, 1.165) is 24.9 Å². The van der Waals surface area contributed by atoms with Crippen LogP contribution < -0.4 is 0 Å². The highest BCUT2D eigenvalue weighted by molar-refractivity contribution is 5.65. The third kappa shape index (κ3) is 6.39. The molecule has 3 nitrogen and oxygen atoms in total. The van der Waals surface area contributed by atoms with E-state index in [-0.39, 0.29) is 11.6 Å². The van der Waals surface area contributed by atoms with Gasteiger partial charge in [0.05, 0.1) is 5.60 Å². The minimum absolute atomic E-state index is 0.243. The second kappa shape index (κ2) is 7.13. The minimum atomic E-state index is -0.369. The van der Waals surface area contributed by atoms with Gasteiger partial charge in [0.15, 0.2) is 0 Å². The Bertz CT molecular complexity index is 260. The van der Waals surface area contributed by atoms with Gasteiger partial charge in [-0.15, -0.1) is 0 Å². The fourth-order valence-corrected chi connectivity index (χ4v) is 2.64. The Hall–Kier alpha value is -0.570. The van der Waals surface area contributed by atoms with E-state index in [4.69, 9.17) is 9.47 Å². The van der Waals surface area contributed by atoms with Gasteiger partial charge in [-0.1, -0.05) is 26.2 Å². The highest BCUT2D eigenvalue weighted by Crippen LogP contribution is 2.30. The molecule has 0 aromatic heterocycles. The molecular weight excluding hydrogens is 228 g/mol. The molecule has 0 N–H and O–H groups in total. The Morgan fingerprint density at radius 3 is 2.67 bits per heavy atom. The molecule has 2 atom stereocenters. The smallest absolute Gasteiger partial charge is 0.302 e. The van der Waals surface area contributed by atoms with Gasteiger partial charge in [0, 0.05) is 13.5 Å². The van der Waals surface area contributed by atoms with Crippen molar-refractivity contribution in [1.29, 1.82) is 0 Å². The Balaban J connectivity index is 2.17. The number of hydrogen-bond acceptors (Lipinski definition) is 3. The lowest BCUT2D eigenvalue weighted by Gasteiger charge is -2.29. The van der Waals surface area contributed by atoms with Gasteiger partial charge in [-0.25, -0.2) is 0 Å². The molecule has 2 unspecified atom stereocenters. The molecule has 0 aliphatic heterocycles. The van der Waals surface area contributed by atoms with E-state index in [1.165, 1.54) is 32.6 Å². The molecule has 1 rings (SSSR count). The second-order valence-corrected chi connectivity index (χ2v) is 6.31. The molecule has 1 aliphatic carbocycles. The van der Waals surface area contributed by atoms with Crippen LogP contribution in [0.3, 0.4) is 0 Å². The predicted molar refractivity (Wildman–Crippen MR) is 72.4 cm³/mol.